The van der Waals surface area contributed by atoms with Gasteiger partial charge in [-0.15, -0.1) is 0 Å². The molecule has 0 aliphatic heterocycles. The first-order valence-electron chi connectivity index (χ1n) is 7.17. The average Bonchev–Trinajstić information content (AvgIpc) is 3.27. The van der Waals surface area contributed by atoms with Crippen LogP contribution in [0.1, 0.15) is 30.9 Å². The molecular formula is C16H22ClNO3. The number of carbonyl (C=O) groups is 1. The zero-order chi connectivity index (χ0) is 15.6. The minimum absolute atomic E-state index is 0.0530. The summed E-state index contributed by atoms with van der Waals surface area (Å²) in [5.74, 6) is 0.775. The van der Waals surface area contributed by atoms with Gasteiger partial charge in [0.15, 0.2) is 6.61 Å². The molecule has 1 fully saturated rings. The molecule has 2 N–H and O–H groups in total. The molecule has 0 bridgehead atoms. The summed E-state index contributed by atoms with van der Waals surface area (Å²) in [6.07, 6.45) is 2.10. The molecule has 1 aliphatic rings. The standard InChI is InChI=1S/C16H22ClNO3/c1-10-6-13(7-11(2)15(10)17)21-8-14(20)18-16(3,9-19)12-4-5-12/h6-7,12,19H,4-5,8-9H2,1-3H3,(H,18,20). The molecule has 0 spiro atoms. The largest absolute Gasteiger partial charge is 0.484 e. The van der Waals surface area contributed by atoms with Crippen molar-refractivity contribution in [3.8, 4) is 5.75 Å². The maximum Gasteiger partial charge on any atom is 0.258 e. The van der Waals surface area contributed by atoms with E-state index in [0.29, 0.717) is 16.7 Å². The number of rotatable bonds is 6. The van der Waals surface area contributed by atoms with Gasteiger partial charge in [-0.25, -0.2) is 0 Å². The number of aliphatic hydroxyl groups excluding tert-OH is 1. The lowest BCUT2D eigenvalue weighted by atomic mass is 9.97. The Kier molecular flexibility index (Phi) is 4.79. The Morgan fingerprint density at radius 1 is 1.43 bits per heavy atom. The van der Waals surface area contributed by atoms with Gasteiger partial charge in [-0.3, -0.25) is 4.79 Å². The van der Waals surface area contributed by atoms with E-state index in [1.165, 1.54) is 0 Å². The molecule has 1 aromatic rings. The Balaban J connectivity index is 1.92. The number of amides is 1. The number of nitrogens with one attached hydrogen (secondary N) is 1. The second-order valence-corrected chi connectivity index (χ2v) is 6.44. The van der Waals surface area contributed by atoms with E-state index in [1.807, 2.05) is 32.9 Å². The predicted molar refractivity (Wildman–Crippen MR) is 82.8 cm³/mol. The first kappa shape index (κ1) is 16.1. The average molecular weight is 312 g/mol. The van der Waals surface area contributed by atoms with Crippen LogP contribution in [0.25, 0.3) is 0 Å². The van der Waals surface area contributed by atoms with Crippen molar-refractivity contribution in [2.75, 3.05) is 13.2 Å². The second-order valence-electron chi connectivity index (χ2n) is 6.06. The van der Waals surface area contributed by atoms with Gasteiger partial charge in [-0.1, -0.05) is 11.6 Å². The molecule has 0 heterocycles. The number of halogens is 1. The maximum atomic E-state index is 12.0. The van der Waals surface area contributed by atoms with Crippen LogP contribution in [0.3, 0.4) is 0 Å². The predicted octanol–water partition coefficient (Wildman–Crippen LogP) is 2.61. The molecule has 1 aliphatic carbocycles. The third-order valence-electron chi connectivity index (χ3n) is 4.01. The van der Waals surface area contributed by atoms with E-state index in [1.54, 1.807) is 0 Å². The fraction of sp³-hybridized carbons (Fsp3) is 0.562. The molecular weight excluding hydrogens is 290 g/mol. The van der Waals surface area contributed by atoms with E-state index in [9.17, 15) is 9.90 Å². The molecule has 1 amide bonds. The van der Waals surface area contributed by atoms with Crippen LogP contribution in [0.5, 0.6) is 5.75 Å². The highest BCUT2D eigenvalue weighted by Crippen LogP contribution is 2.39. The van der Waals surface area contributed by atoms with Crippen molar-refractivity contribution in [2.24, 2.45) is 5.92 Å². The molecule has 4 nitrogen and oxygen atoms in total. The van der Waals surface area contributed by atoms with Crippen LogP contribution >= 0.6 is 11.6 Å². The molecule has 0 radical (unpaired) electrons. The van der Waals surface area contributed by atoms with Gasteiger partial charge in [0.2, 0.25) is 0 Å². The zero-order valence-corrected chi connectivity index (χ0v) is 13.5. The minimum atomic E-state index is -0.535. The molecule has 1 unspecified atom stereocenters. The quantitative estimate of drug-likeness (QED) is 0.849. The normalized spacial score (nSPS) is 17.2. The summed E-state index contributed by atoms with van der Waals surface area (Å²) >= 11 is 6.10. The van der Waals surface area contributed by atoms with E-state index in [2.05, 4.69) is 5.32 Å². The Hall–Kier alpha value is -1.26. The van der Waals surface area contributed by atoms with Gasteiger partial charge >= 0.3 is 0 Å². The molecule has 21 heavy (non-hydrogen) atoms. The van der Waals surface area contributed by atoms with E-state index in [-0.39, 0.29) is 19.1 Å². The Morgan fingerprint density at radius 2 is 2.00 bits per heavy atom. The molecule has 0 aromatic heterocycles. The van der Waals surface area contributed by atoms with Crippen molar-refractivity contribution in [3.05, 3.63) is 28.3 Å². The summed E-state index contributed by atoms with van der Waals surface area (Å²) in [7, 11) is 0. The molecule has 116 valence electrons. The third-order valence-corrected chi connectivity index (χ3v) is 4.61. The fourth-order valence-corrected chi connectivity index (χ4v) is 2.59. The summed E-state index contributed by atoms with van der Waals surface area (Å²) < 4.78 is 5.52. The van der Waals surface area contributed by atoms with Crippen molar-refractivity contribution in [1.82, 2.24) is 5.32 Å². The van der Waals surface area contributed by atoms with Gasteiger partial charge in [0.1, 0.15) is 5.75 Å². The number of ether oxygens (including phenoxy) is 1. The maximum absolute atomic E-state index is 12.0. The van der Waals surface area contributed by atoms with Crippen LogP contribution in [0.4, 0.5) is 0 Å². The molecule has 5 heteroatoms. The van der Waals surface area contributed by atoms with Gasteiger partial charge in [-0.2, -0.15) is 0 Å². The first-order valence-corrected chi connectivity index (χ1v) is 7.55. The highest BCUT2D eigenvalue weighted by molar-refractivity contribution is 6.32. The highest BCUT2D eigenvalue weighted by Gasteiger charge is 2.42. The summed E-state index contributed by atoms with van der Waals surface area (Å²) in [6, 6.07) is 3.63. The lowest BCUT2D eigenvalue weighted by Crippen LogP contribution is -2.52. The van der Waals surface area contributed by atoms with Crippen LogP contribution in [-0.4, -0.2) is 29.8 Å². The van der Waals surface area contributed by atoms with Crippen LogP contribution < -0.4 is 10.1 Å². The van der Waals surface area contributed by atoms with Crippen molar-refractivity contribution in [3.63, 3.8) is 0 Å². The summed E-state index contributed by atoms with van der Waals surface area (Å²) in [5.41, 5.74) is 1.31. The van der Waals surface area contributed by atoms with Gasteiger partial charge in [0.25, 0.3) is 5.91 Å². The van der Waals surface area contributed by atoms with E-state index in [0.717, 1.165) is 24.0 Å². The van der Waals surface area contributed by atoms with Crippen molar-refractivity contribution < 1.29 is 14.6 Å². The zero-order valence-electron chi connectivity index (χ0n) is 12.7. The summed E-state index contributed by atoms with van der Waals surface area (Å²) in [6.45, 7) is 5.56. The van der Waals surface area contributed by atoms with Gasteiger partial charge in [-0.05, 0) is 62.8 Å². The number of aliphatic hydroxyl groups is 1. The molecule has 2 rings (SSSR count). The number of carbonyl (C=O) groups excluding carboxylic acids is 1. The van der Waals surface area contributed by atoms with E-state index < -0.39 is 5.54 Å². The second kappa shape index (κ2) is 6.24. The Morgan fingerprint density at radius 3 is 2.48 bits per heavy atom. The highest BCUT2D eigenvalue weighted by atomic mass is 35.5. The molecule has 1 atom stereocenters. The van der Waals surface area contributed by atoms with Gasteiger partial charge in [0.05, 0.1) is 12.1 Å². The van der Waals surface area contributed by atoms with Crippen LogP contribution in [0, 0.1) is 19.8 Å². The number of benzene rings is 1. The summed E-state index contributed by atoms with van der Waals surface area (Å²) in [5, 5.41) is 13.1. The fourth-order valence-electron chi connectivity index (χ4n) is 2.48. The van der Waals surface area contributed by atoms with Crippen molar-refractivity contribution >= 4 is 17.5 Å². The van der Waals surface area contributed by atoms with E-state index >= 15 is 0 Å². The van der Waals surface area contributed by atoms with Crippen LogP contribution in [-0.2, 0) is 4.79 Å². The Bertz CT molecular complexity index is 519. The van der Waals surface area contributed by atoms with Gasteiger partial charge < -0.3 is 15.2 Å². The topological polar surface area (TPSA) is 58.6 Å². The summed E-state index contributed by atoms with van der Waals surface area (Å²) in [4.78, 5) is 12.0. The van der Waals surface area contributed by atoms with Crippen molar-refractivity contribution in [2.45, 2.75) is 39.2 Å². The lowest BCUT2D eigenvalue weighted by molar-refractivity contribution is -0.125. The van der Waals surface area contributed by atoms with Crippen molar-refractivity contribution in [1.29, 1.82) is 0 Å². The van der Waals surface area contributed by atoms with Crippen LogP contribution in [0.15, 0.2) is 12.1 Å². The molecule has 1 saturated carbocycles. The Labute approximate surface area is 130 Å². The third kappa shape index (κ3) is 3.89. The number of aryl methyl sites for hydroxylation is 2. The minimum Gasteiger partial charge on any atom is -0.484 e. The van der Waals surface area contributed by atoms with E-state index in [4.69, 9.17) is 16.3 Å². The lowest BCUT2D eigenvalue weighted by Gasteiger charge is -2.28. The molecule has 1 aromatic carbocycles. The van der Waals surface area contributed by atoms with Crippen LogP contribution in [0.2, 0.25) is 5.02 Å². The molecule has 0 saturated heterocycles. The monoisotopic (exact) mass is 311 g/mol. The number of hydrogen-bond donors (Lipinski definition) is 2. The van der Waals surface area contributed by atoms with Gasteiger partial charge in [0, 0.05) is 5.02 Å². The first-order chi connectivity index (χ1) is 9.85. The number of hydrogen-bond acceptors (Lipinski definition) is 3. The SMILES string of the molecule is Cc1cc(OCC(=O)NC(C)(CO)C2CC2)cc(C)c1Cl. The smallest absolute Gasteiger partial charge is 0.258 e.